The van der Waals surface area contributed by atoms with Gasteiger partial charge in [0.05, 0.1) is 6.04 Å². The number of aryl methyl sites for hydroxylation is 1. The molecule has 1 unspecified atom stereocenters. The predicted molar refractivity (Wildman–Crippen MR) is 122 cm³/mol. The van der Waals surface area contributed by atoms with Crippen LogP contribution in [0.2, 0.25) is 0 Å². The quantitative estimate of drug-likeness (QED) is 0.344. The van der Waals surface area contributed by atoms with Gasteiger partial charge in [0, 0.05) is 20.1 Å². The van der Waals surface area contributed by atoms with Crippen LogP contribution >= 0.6 is 24.0 Å². The van der Waals surface area contributed by atoms with E-state index in [2.05, 4.69) is 26.6 Å². The number of hydrogen-bond donors (Lipinski definition) is 2. The number of nitrogens with one attached hydrogen (secondary N) is 2. The third kappa shape index (κ3) is 6.48. The summed E-state index contributed by atoms with van der Waals surface area (Å²) in [5, 5.41) is 6.72. The van der Waals surface area contributed by atoms with Gasteiger partial charge in [-0.3, -0.25) is 9.89 Å². The van der Waals surface area contributed by atoms with E-state index < -0.39 is 0 Å². The zero-order chi connectivity index (χ0) is 19.1. The molecule has 2 aromatic rings. The van der Waals surface area contributed by atoms with Crippen LogP contribution in [-0.4, -0.2) is 44.1 Å². The second-order valence-corrected chi connectivity index (χ2v) is 6.97. The van der Waals surface area contributed by atoms with Crippen LogP contribution in [0.1, 0.15) is 36.0 Å². The third-order valence-electron chi connectivity index (χ3n) is 4.95. The molecular formula is C21H30FIN4O. The van der Waals surface area contributed by atoms with Crippen LogP contribution in [0.25, 0.3) is 0 Å². The van der Waals surface area contributed by atoms with Crippen molar-refractivity contribution in [2.45, 2.75) is 32.2 Å². The van der Waals surface area contributed by atoms with E-state index in [4.69, 9.17) is 4.42 Å². The summed E-state index contributed by atoms with van der Waals surface area (Å²) in [6.45, 7) is 5.59. The highest BCUT2D eigenvalue weighted by atomic mass is 127. The summed E-state index contributed by atoms with van der Waals surface area (Å²) in [6, 6.07) is 11.0. The van der Waals surface area contributed by atoms with Crippen molar-refractivity contribution in [2.75, 3.05) is 33.2 Å². The summed E-state index contributed by atoms with van der Waals surface area (Å²) in [4.78, 5) is 6.77. The van der Waals surface area contributed by atoms with Crippen molar-refractivity contribution in [3.63, 3.8) is 0 Å². The number of furan rings is 1. The summed E-state index contributed by atoms with van der Waals surface area (Å²) in [6.07, 6.45) is 3.21. The number of halogens is 2. The van der Waals surface area contributed by atoms with Crippen LogP contribution in [0.5, 0.6) is 0 Å². The van der Waals surface area contributed by atoms with Gasteiger partial charge >= 0.3 is 0 Å². The zero-order valence-electron chi connectivity index (χ0n) is 16.6. The van der Waals surface area contributed by atoms with Crippen LogP contribution in [0, 0.1) is 12.7 Å². The van der Waals surface area contributed by atoms with Crippen molar-refractivity contribution in [2.24, 2.45) is 4.99 Å². The van der Waals surface area contributed by atoms with Crippen LogP contribution in [0.3, 0.4) is 0 Å². The normalized spacial score (nSPS) is 15.9. The maximum atomic E-state index is 13.3. The average Bonchev–Trinajstić information content (AvgIpc) is 3.33. The molecule has 1 aliphatic heterocycles. The van der Waals surface area contributed by atoms with E-state index in [1.807, 2.05) is 19.1 Å². The average molecular weight is 500 g/mol. The monoisotopic (exact) mass is 500 g/mol. The number of hydrogen-bond acceptors (Lipinski definition) is 3. The Bertz CT molecular complexity index is 758. The van der Waals surface area contributed by atoms with Gasteiger partial charge in [0.15, 0.2) is 5.96 Å². The highest BCUT2D eigenvalue weighted by Gasteiger charge is 2.26. The summed E-state index contributed by atoms with van der Waals surface area (Å²) >= 11 is 0. The number of aliphatic imine (C=N–C) groups is 1. The summed E-state index contributed by atoms with van der Waals surface area (Å²) in [7, 11) is 1.76. The van der Waals surface area contributed by atoms with Gasteiger partial charge in [0.1, 0.15) is 17.3 Å². The van der Waals surface area contributed by atoms with E-state index in [0.29, 0.717) is 6.54 Å². The second kappa shape index (κ2) is 11.4. The molecular weight excluding hydrogens is 470 g/mol. The molecule has 2 N–H and O–H groups in total. The molecule has 0 saturated carbocycles. The molecule has 1 aromatic carbocycles. The Morgan fingerprint density at radius 3 is 2.64 bits per heavy atom. The van der Waals surface area contributed by atoms with Gasteiger partial charge in [-0.05, 0) is 69.1 Å². The van der Waals surface area contributed by atoms with Crippen molar-refractivity contribution >= 4 is 29.9 Å². The highest BCUT2D eigenvalue weighted by Crippen LogP contribution is 2.26. The van der Waals surface area contributed by atoms with E-state index in [0.717, 1.165) is 49.1 Å². The fraction of sp³-hybridized carbons (Fsp3) is 0.476. The maximum Gasteiger partial charge on any atom is 0.191 e. The van der Waals surface area contributed by atoms with Gasteiger partial charge < -0.3 is 15.1 Å². The van der Waals surface area contributed by atoms with Crippen molar-refractivity contribution in [1.82, 2.24) is 15.5 Å². The lowest BCUT2D eigenvalue weighted by Crippen LogP contribution is -2.43. The van der Waals surface area contributed by atoms with Crippen molar-refractivity contribution < 1.29 is 8.81 Å². The molecule has 0 radical (unpaired) electrons. The Hall–Kier alpha value is -1.61. The first kappa shape index (κ1) is 22.7. The predicted octanol–water partition coefficient (Wildman–Crippen LogP) is 3.89. The van der Waals surface area contributed by atoms with Crippen LogP contribution < -0.4 is 10.6 Å². The van der Waals surface area contributed by atoms with Crippen LogP contribution in [0.15, 0.2) is 45.8 Å². The largest absolute Gasteiger partial charge is 0.465 e. The molecule has 1 atom stereocenters. The first-order valence-electron chi connectivity index (χ1n) is 9.65. The first-order chi connectivity index (χ1) is 13.2. The zero-order valence-corrected chi connectivity index (χ0v) is 18.9. The van der Waals surface area contributed by atoms with Crippen molar-refractivity contribution in [3.8, 4) is 0 Å². The fourth-order valence-electron chi connectivity index (χ4n) is 3.53. The Balaban J connectivity index is 0.00000280. The number of guanidine groups is 1. The molecule has 7 heteroatoms. The van der Waals surface area contributed by atoms with Gasteiger partial charge in [0.25, 0.3) is 0 Å². The van der Waals surface area contributed by atoms with E-state index in [1.165, 1.54) is 18.9 Å². The van der Waals surface area contributed by atoms with E-state index in [-0.39, 0.29) is 35.8 Å². The lowest BCUT2D eigenvalue weighted by atomic mass is 10.1. The Kier molecular flexibility index (Phi) is 9.24. The Labute approximate surface area is 183 Å². The fourth-order valence-corrected chi connectivity index (χ4v) is 3.53. The number of rotatable bonds is 7. The minimum atomic E-state index is -0.197. The van der Waals surface area contributed by atoms with Crippen LogP contribution in [-0.2, 0) is 6.42 Å². The Morgan fingerprint density at radius 1 is 1.21 bits per heavy atom. The smallest absolute Gasteiger partial charge is 0.191 e. The molecule has 1 aliphatic rings. The molecule has 0 spiro atoms. The molecule has 154 valence electrons. The molecule has 2 heterocycles. The van der Waals surface area contributed by atoms with Crippen molar-refractivity contribution in [1.29, 1.82) is 0 Å². The minimum Gasteiger partial charge on any atom is -0.465 e. The first-order valence-corrected chi connectivity index (χ1v) is 9.65. The maximum absolute atomic E-state index is 13.3. The van der Waals surface area contributed by atoms with Gasteiger partial charge in [-0.25, -0.2) is 4.39 Å². The topological polar surface area (TPSA) is 52.8 Å². The summed E-state index contributed by atoms with van der Waals surface area (Å²) < 4.78 is 19.2. The molecule has 1 aromatic heterocycles. The Morgan fingerprint density at radius 2 is 2.00 bits per heavy atom. The molecule has 0 bridgehead atoms. The lowest BCUT2D eigenvalue weighted by molar-refractivity contribution is 0.213. The molecule has 5 nitrogen and oxygen atoms in total. The molecule has 28 heavy (non-hydrogen) atoms. The van der Waals surface area contributed by atoms with Gasteiger partial charge in [-0.2, -0.15) is 0 Å². The lowest BCUT2D eigenvalue weighted by Gasteiger charge is -2.26. The third-order valence-corrected chi connectivity index (χ3v) is 4.95. The number of likely N-dealkylation sites (tertiary alicyclic amines) is 1. The standard InChI is InChI=1S/C21H29FN4O.HI/c1-16-8-9-20(27-16)19(26-12-3-4-13-26)15-25-21(23-2)24-11-10-17-6-5-7-18(22)14-17;/h5-9,14,19H,3-4,10-13,15H2,1-2H3,(H2,23,24,25);1H. The molecule has 1 fully saturated rings. The van der Waals surface area contributed by atoms with E-state index in [1.54, 1.807) is 19.2 Å². The molecule has 0 aliphatic carbocycles. The summed E-state index contributed by atoms with van der Waals surface area (Å²) in [5.41, 5.74) is 0.971. The van der Waals surface area contributed by atoms with Crippen LogP contribution in [0.4, 0.5) is 4.39 Å². The molecule has 0 amide bonds. The molecule has 3 rings (SSSR count). The van der Waals surface area contributed by atoms with Crippen molar-refractivity contribution in [3.05, 3.63) is 59.3 Å². The van der Waals surface area contributed by atoms with E-state index >= 15 is 0 Å². The SMILES string of the molecule is CN=C(NCCc1cccc(F)c1)NCC(c1ccc(C)o1)N1CCCC1.I. The highest BCUT2D eigenvalue weighted by molar-refractivity contribution is 14.0. The number of benzene rings is 1. The summed E-state index contributed by atoms with van der Waals surface area (Å²) in [5.74, 6) is 2.49. The minimum absolute atomic E-state index is 0. The van der Waals surface area contributed by atoms with Gasteiger partial charge in [-0.15, -0.1) is 24.0 Å². The second-order valence-electron chi connectivity index (χ2n) is 6.97. The van der Waals surface area contributed by atoms with Gasteiger partial charge in [-0.1, -0.05) is 12.1 Å². The molecule has 1 saturated heterocycles. The van der Waals surface area contributed by atoms with Gasteiger partial charge in [0.2, 0.25) is 0 Å². The number of nitrogens with zero attached hydrogens (tertiary/aromatic N) is 2. The van der Waals surface area contributed by atoms with E-state index in [9.17, 15) is 4.39 Å².